The van der Waals surface area contributed by atoms with Crippen molar-refractivity contribution in [2.75, 3.05) is 7.11 Å². The lowest BCUT2D eigenvalue weighted by atomic mass is 9.33. The lowest BCUT2D eigenvalue weighted by Gasteiger charge is -2.70. The number of esters is 1. The summed E-state index contributed by atoms with van der Waals surface area (Å²) in [4.78, 5) is 39.5. The molecule has 6 rings (SSSR count). The van der Waals surface area contributed by atoms with E-state index in [1.807, 2.05) is 0 Å². The van der Waals surface area contributed by atoms with E-state index in [2.05, 4.69) is 33.8 Å². The summed E-state index contributed by atoms with van der Waals surface area (Å²) in [6.45, 7) is 9.00. The van der Waals surface area contributed by atoms with Gasteiger partial charge in [0, 0.05) is 30.1 Å². The minimum Gasteiger partial charge on any atom is -0.469 e. The average Bonchev–Trinajstić information content (AvgIpc) is 2.74. The van der Waals surface area contributed by atoms with Crippen LogP contribution < -0.4 is 0 Å². The number of Topliss-reactive ketones (excluding diaryl/α,β-unsaturated/α-hetero) is 2. The monoisotopic (exact) mass is 426 g/mol. The Morgan fingerprint density at radius 1 is 1.06 bits per heavy atom. The minimum absolute atomic E-state index is 0.00242. The van der Waals surface area contributed by atoms with E-state index in [0.717, 1.165) is 38.5 Å². The number of ether oxygens (including phenoxy) is 1. The average molecular weight is 427 g/mol. The van der Waals surface area contributed by atoms with Crippen LogP contribution >= 0.6 is 0 Å². The third-order valence-corrected chi connectivity index (χ3v) is 10.7. The summed E-state index contributed by atoms with van der Waals surface area (Å²) in [5, 5.41) is 0. The van der Waals surface area contributed by atoms with Gasteiger partial charge in [-0.05, 0) is 68.1 Å². The SMILES string of the molecule is COC(=O)[C@@]1(C)CCC[C@]2(C)[C@@H]3C[C@H]4C(C(C)C)=C[C@]3(CC[C@@H]21)[C@@H]1C(=O)CCC(=O)[C@@H]14. The van der Waals surface area contributed by atoms with E-state index in [9.17, 15) is 14.4 Å². The third-order valence-electron chi connectivity index (χ3n) is 10.7. The molecule has 0 radical (unpaired) electrons. The third kappa shape index (κ3) is 2.57. The maximum atomic E-state index is 13.4. The standard InChI is InChI=1S/C27H38O4/c1-15(2)17-14-27-12-9-20-25(3,10-6-11-26(20,4)24(30)31-5)21(27)13-16(17)22-18(28)7-8-19(29)23(22)27/h14-16,20-23H,6-13H2,1-5H3/t16-,20-,21-,22-,23+,25-,26-,27-/m0/s1. The molecule has 6 aliphatic carbocycles. The Hall–Kier alpha value is -1.45. The van der Waals surface area contributed by atoms with Crippen molar-refractivity contribution in [2.24, 2.45) is 51.8 Å². The summed E-state index contributed by atoms with van der Waals surface area (Å²) in [6.07, 6.45) is 9.25. The van der Waals surface area contributed by atoms with Crippen molar-refractivity contribution in [1.29, 1.82) is 0 Å². The lowest BCUT2D eigenvalue weighted by Crippen LogP contribution is -2.67. The van der Waals surface area contributed by atoms with Crippen LogP contribution in [0.15, 0.2) is 11.6 Å². The fourth-order valence-electron chi connectivity index (χ4n) is 9.56. The Morgan fingerprint density at radius 3 is 2.45 bits per heavy atom. The highest BCUT2D eigenvalue weighted by molar-refractivity contribution is 5.98. The maximum Gasteiger partial charge on any atom is 0.311 e. The van der Waals surface area contributed by atoms with Crippen molar-refractivity contribution in [3.63, 3.8) is 0 Å². The Morgan fingerprint density at radius 2 is 1.77 bits per heavy atom. The molecule has 4 saturated carbocycles. The van der Waals surface area contributed by atoms with E-state index in [4.69, 9.17) is 4.74 Å². The molecule has 170 valence electrons. The molecular formula is C27H38O4. The summed E-state index contributed by atoms with van der Waals surface area (Å²) in [5.41, 5.74) is 0.777. The first-order valence-corrected chi connectivity index (χ1v) is 12.5. The van der Waals surface area contributed by atoms with E-state index < -0.39 is 5.41 Å². The van der Waals surface area contributed by atoms with Crippen molar-refractivity contribution in [3.05, 3.63) is 11.6 Å². The number of rotatable bonds is 2. The van der Waals surface area contributed by atoms with Crippen LogP contribution in [0.1, 0.15) is 79.1 Å². The normalized spacial score (nSPS) is 48.6. The van der Waals surface area contributed by atoms with Gasteiger partial charge in [-0.15, -0.1) is 0 Å². The molecule has 8 atom stereocenters. The number of methoxy groups -OCH3 is 1. The Labute approximate surface area is 186 Å². The van der Waals surface area contributed by atoms with Crippen LogP contribution in [0.5, 0.6) is 0 Å². The highest BCUT2D eigenvalue weighted by atomic mass is 16.5. The highest BCUT2D eigenvalue weighted by Gasteiger charge is 2.70. The number of ketones is 2. The van der Waals surface area contributed by atoms with Gasteiger partial charge in [-0.2, -0.15) is 0 Å². The Balaban J connectivity index is 1.65. The molecule has 2 bridgehead atoms. The summed E-state index contributed by atoms with van der Waals surface area (Å²) >= 11 is 0. The van der Waals surface area contributed by atoms with E-state index in [0.29, 0.717) is 36.2 Å². The summed E-state index contributed by atoms with van der Waals surface area (Å²) in [6, 6.07) is 0. The van der Waals surface area contributed by atoms with Crippen LogP contribution in [0.4, 0.5) is 0 Å². The largest absolute Gasteiger partial charge is 0.469 e. The zero-order valence-corrected chi connectivity index (χ0v) is 19.8. The van der Waals surface area contributed by atoms with Gasteiger partial charge in [0.05, 0.1) is 12.5 Å². The molecule has 1 spiro atoms. The maximum absolute atomic E-state index is 13.4. The first-order chi connectivity index (χ1) is 14.6. The van der Waals surface area contributed by atoms with Gasteiger partial charge in [0.25, 0.3) is 0 Å². The molecule has 0 aromatic heterocycles. The molecule has 0 aromatic rings. The molecule has 6 aliphatic rings. The number of hydrogen-bond donors (Lipinski definition) is 0. The molecule has 31 heavy (non-hydrogen) atoms. The predicted octanol–water partition coefficient (Wildman–Crippen LogP) is 5.15. The molecule has 0 saturated heterocycles. The van der Waals surface area contributed by atoms with Crippen molar-refractivity contribution < 1.29 is 19.1 Å². The Kier molecular flexibility index (Phi) is 4.68. The van der Waals surface area contributed by atoms with Gasteiger partial charge in [0.1, 0.15) is 11.6 Å². The second kappa shape index (κ2) is 6.78. The van der Waals surface area contributed by atoms with Gasteiger partial charge in [0.2, 0.25) is 0 Å². The smallest absolute Gasteiger partial charge is 0.311 e. The summed E-state index contributed by atoms with van der Waals surface area (Å²) in [5.74, 6) is 1.61. The van der Waals surface area contributed by atoms with E-state index >= 15 is 0 Å². The fraction of sp³-hybridized carbons (Fsp3) is 0.815. The van der Waals surface area contributed by atoms with Gasteiger partial charge in [-0.1, -0.05) is 38.8 Å². The number of fused-ring (bicyclic) bond motifs is 1. The van der Waals surface area contributed by atoms with Crippen LogP contribution in [-0.4, -0.2) is 24.6 Å². The molecule has 0 heterocycles. The second-order valence-electron chi connectivity index (χ2n) is 12.1. The first kappa shape index (κ1) is 21.4. The van der Waals surface area contributed by atoms with Crippen molar-refractivity contribution in [3.8, 4) is 0 Å². The lowest BCUT2D eigenvalue weighted by molar-refractivity contribution is -0.201. The summed E-state index contributed by atoms with van der Waals surface area (Å²) < 4.78 is 5.30. The topological polar surface area (TPSA) is 60.4 Å². The molecule has 0 aliphatic heterocycles. The molecule has 4 heteroatoms. The Bertz CT molecular complexity index is 870. The van der Waals surface area contributed by atoms with Crippen molar-refractivity contribution in [2.45, 2.75) is 79.1 Å². The zero-order chi connectivity index (χ0) is 22.3. The molecule has 0 amide bonds. The van der Waals surface area contributed by atoms with Gasteiger partial charge in [-0.3, -0.25) is 14.4 Å². The number of hydrogen-bond acceptors (Lipinski definition) is 4. The molecule has 0 N–H and O–H groups in total. The number of carbonyl (C=O) groups is 3. The highest BCUT2D eigenvalue weighted by Crippen LogP contribution is 2.74. The van der Waals surface area contributed by atoms with Gasteiger partial charge < -0.3 is 4.74 Å². The minimum atomic E-state index is -0.448. The van der Waals surface area contributed by atoms with Crippen molar-refractivity contribution in [1.82, 2.24) is 0 Å². The van der Waals surface area contributed by atoms with Crippen molar-refractivity contribution >= 4 is 17.5 Å². The van der Waals surface area contributed by atoms with Crippen LogP contribution in [0.3, 0.4) is 0 Å². The second-order valence-corrected chi connectivity index (χ2v) is 12.1. The predicted molar refractivity (Wildman–Crippen MR) is 118 cm³/mol. The number of allylic oxidation sites excluding steroid dienone is 2. The van der Waals surface area contributed by atoms with Crippen LogP contribution in [-0.2, 0) is 19.1 Å². The van der Waals surface area contributed by atoms with Gasteiger partial charge in [0.15, 0.2) is 0 Å². The van der Waals surface area contributed by atoms with E-state index in [-0.39, 0.29) is 40.5 Å². The van der Waals surface area contributed by atoms with E-state index in [1.165, 1.54) is 12.7 Å². The molecule has 0 unspecified atom stereocenters. The van der Waals surface area contributed by atoms with E-state index in [1.54, 1.807) is 0 Å². The van der Waals surface area contributed by atoms with Gasteiger partial charge >= 0.3 is 5.97 Å². The number of carbonyl (C=O) groups excluding carboxylic acids is 3. The molecule has 4 nitrogen and oxygen atoms in total. The quantitative estimate of drug-likeness (QED) is 0.453. The molecular weight excluding hydrogens is 388 g/mol. The van der Waals surface area contributed by atoms with Crippen LogP contribution in [0, 0.1) is 51.8 Å². The molecule has 4 fully saturated rings. The first-order valence-electron chi connectivity index (χ1n) is 12.5. The fourth-order valence-corrected chi connectivity index (χ4v) is 9.56. The van der Waals surface area contributed by atoms with Crippen LogP contribution in [0.2, 0.25) is 0 Å². The van der Waals surface area contributed by atoms with Gasteiger partial charge in [-0.25, -0.2) is 0 Å². The molecule has 0 aromatic carbocycles. The summed E-state index contributed by atoms with van der Waals surface area (Å²) in [7, 11) is 1.51. The zero-order valence-electron chi connectivity index (χ0n) is 19.8. The van der Waals surface area contributed by atoms with Crippen LogP contribution in [0.25, 0.3) is 0 Å².